The van der Waals surface area contributed by atoms with E-state index in [-0.39, 0.29) is 0 Å². The number of anilines is 2. The first-order valence-electron chi connectivity index (χ1n) is 7.18. The van der Waals surface area contributed by atoms with Crippen LogP contribution in [0.4, 0.5) is 11.9 Å². The van der Waals surface area contributed by atoms with Crippen LogP contribution in [-0.2, 0) is 0 Å². The normalized spacial score (nSPS) is 10.5. The van der Waals surface area contributed by atoms with E-state index < -0.39 is 0 Å². The van der Waals surface area contributed by atoms with Gasteiger partial charge in [-0.1, -0.05) is 28.1 Å². The molecule has 0 saturated heterocycles. The average Bonchev–Trinajstić information content (AvgIpc) is 2.49. The van der Waals surface area contributed by atoms with Gasteiger partial charge in [0, 0.05) is 29.7 Å². The predicted octanol–water partition coefficient (Wildman–Crippen LogP) is 3.58. The second kappa shape index (κ2) is 7.36. The lowest BCUT2D eigenvalue weighted by atomic mass is 10.2. The summed E-state index contributed by atoms with van der Waals surface area (Å²) >= 11 is 3.49. The van der Waals surface area contributed by atoms with Crippen molar-refractivity contribution in [2.24, 2.45) is 0 Å². The van der Waals surface area contributed by atoms with Crippen LogP contribution in [0.25, 0.3) is 11.4 Å². The predicted molar refractivity (Wildman–Crippen MR) is 90.7 cm³/mol. The number of hydrogen-bond donors (Lipinski definition) is 1. The fourth-order valence-corrected chi connectivity index (χ4v) is 2.41. The van der Waals surface area contributed by atoms with Gasteiger partial charge in [-0.2, -0.15) is 15.0 Å². The van der Waals surface area contributed by atoms with Gasteiger partial charge in [0.2, 0.25) is 11.9 Å². The second-order valence-electron chi connectivity index (χ2n) is 4.50. The lowest BCUT2D eigenvalue weighted by Crippen LogP contribution is -2.25. The van der Waals surface area contributed by atoms with Crippen LogP contribution in [0.3, 0.4) is 0 Å². The number of nitrogens with zero attached hydrogens (tertiary/aromatic N) is 4. The largest absolute Gasteiger partial charge is 0.354 e. The Morgan fingerprint density at radius 3 is 2.48 bits per heavy atom. The highest BCUT2D eigenvalue weighted by Gasteiger charge is 2.12. The molecule has 21 heavy (non-hydrogen) atoms. The Balaban J connectivity index is 2.49. The quantitative estimate of drug-likeness (QED) is 0.863. The molecular weight excluding hydrogens is 330 g/mol. The highest BCUT2D eigenvalue weighted by molar-refractivity contribution is 9.10. The summed E-state index contributed by atoms with van der Waals surface area (Å²) in [7, 11) is 0. The van der Waals surface area contributed by atoms with Crippen molar-refractivity contribution < 1.29 is 0 Å². The van der Waals surface area contributed by atoms with Crippen molar-refractivity contribution in [2.45, 2.75) is 20.8 Å². The van der Waals surface area contributed by atoms with Crippen LogP contribution in [0.15, 0.2) is 28.7 Å². The summed E-state index contributed by atoms with van der Waals surface area (Å²) in [6.45, 7) is 8.73. The van der Waals surface area contributed by atoms with Crippen molar-refractivity contribution in [3.8, 4) is 11.4 Å². The smallest absolute Gasteiger partial charge is 0.230 e. The fraction of sp³-hybridized carbons (Fsp3) is 0.400. The molecule has 0 bridgehead atoms. The molecule has 0 atom stereocenters. The van der Waals surface area contributed by atoms with Gasteiger partial charge in [0.15, 0.2) is 5.82 Å². The molecule has 5 nitrogen and oxygen atoms in total. The lowest BCUT2D eigenvalue weighted by Gasteiger charge is -2.19. The molecule has 1 heterocycles. The number of hydrogen-bond acceptors (Lipinski definition) is 5. The number of nitrogens with one attached hydrogen (secondary N) is 1. The molecule has 0 fully saturated rings. The van der Waals surface area contributed by atoms with Crippen molar-refractivity contribution in [3.63, 3.8) is 0 Å². The third-order valence-corrected chi connectivity index (χ3v) is 3.58. The molecule has 6 heteroatoms. The molecule has 1 aromatic carbocycles. The number of aromatic nitrogens is 3. The Kier molecular flexibility index (Phi) is 5.50. The topological polar surface area (TPSA) is 53.9 Å². The Labute approximate surface area is 134 Å². The molecule has 0 saturated carbocycles. The standard InChI is InChI=1S/C15H20BrN5/c1-4-17-14-18-13(11-8-7-9-12(16)10-11)19-15(20-14)21(5-2)6-3/h7-10H,4-6H2,1-3H3,(H,17,18,19,20). The summed E-state index contributed by atoms with van der Waals surface area (Å²) in [5, 5.41) is 3.18. The first kappa shape index (κ1) is 15.7. The maximum absolute atomic E-state index is 4.61. The molecule has 2 aromatic rings. The highest BCUT2D eigenvalue weighted by atomic mass is 79.9. The minimum atomic E-state index is 0.615. The molecule has 0 aliphatic heterocycles. The zero-order chi connectivity index (χ0) is 15.2. The molecule has 2 rings (SSSR count). The molecule has 0 unspecified atom stereocenters. The summed E-state index contributed by atoms with van der Waals surface area (Å²) in [5.74, 6) is 2.01. The highest BCUT2D eigenvalue weighted by Crippen LogP contribution is 2.22. The second-order valence-corrected chi connectivity index (χ2v) is 5.41. The Morgan fingerprint density at radius 1 is 1.10 bits per heavy atom. The van der Waals surface area contributed by atoms with Gasteiger partial charge in [-0.3, -0.25) is 0 Å². The zero-order valence-corrected chi connectivity index (χ0v) is 14.2. The van der Waals surface area contributed by atoms with Crippen LogP contribution in [0.1, 0.15) is 20.8 Å². The third kappa shape index (κ3) is 3.91. The summed E-state index contributed by atoms with van der Waals surface area (Å²) in [6, 6.07) is 7.98. The summed E-state index contributed by atoms with van der Waals surface area (Å²) < 4.78 is 1.01. The number of rotatable bonds is 6. The van der Waals surface area contributed by atoms with Crippen LogP contribution in [-0.4, -0.2) is 34.6 Å². The van der Waals surface area contributed by atoms with Crippen molar-refractivity contribution in [1.82, 2.24) is 15.0 Å². The maximum atomic E-state index is 4.61. The molecule has 0 radical (unpaired) electrons. The van der Waals surface area contributed by atoms with Gasteiger partial charge in [-0.25, -0.2) is 0 Å². The van der Waals surface area contributed by atoms with Crippen molar-refractivity contribution >= 4 is 27.8 Å². The van der Waals surface area contributed by atoms with Crippen LogP contribution in [0, 0.1) is 0 Å². The molecule has 0 aliphatic rings. The summed E-state index contributed by atoms with van der Waals surface area (Å²) in [5.41, 5.74) is 0.972. The van der Waals surface area contributed by atoms with Crippen LogP contribution in [0.2, 0.25) is 0 Å². The van der Waals surface area contributed by atoms with Gasteiger partial charge in [0.05, 0.1) is 0 Å². The molecule has 112 valence electrons. The monoisotopic (exact) mass is 349 g/mol. The van der Waals surface area contributed by atoms with Crippen LogP contribution >= 0.6 is 15.9 Å². The van der Waals surface area contributed by atoms with Gasteiger partial charge in [-0.05, 0) is 32.9 Å². The molecule has 1 aromatic heterocycles. The summed E-state index contributed by atoms with van der Waals surface area (Å²) in [6.07, 6.45) is 0. The minimum Gasteiger partial charge on any atom is -0.354 e. The van der Waals surface area contributed by atoms with Crippen LogP contribution in [0.5, 0.6) is 0 Å². The maximum Gasteiger partial charge on any atom is 0.230 e. The van der Waals surface area contributed by atoms with Gasteiger partial charge in [0.25, 0.3) is 0 Å². The molecule has 0 spiro atoms. The van der Waals surface area contributed by atoms with E-state index >= 15 is 0 Å². The molecule has 1 N–H and O–H groups in total. The molecule has 0 amide bonds. The van der Waals surface area contributed by atoms with Crippen molar-refractivity contribution in [2.75, 3.05) is 29.9 Å². The SMILES string of the molecule is CCNc1nc(-c2cccc(Br)c2)nc(N(CC)CC)n1. The van der Waals surface area contributed by atoms with E-state index in [1.54, 1.807) is 0 Å². The Morgan fingerprint density at radius 2 is 1.86 bits per heavy atom. The summed E-state index contributed by atoms with van der Waals surface area (Å²) in [4.78, 5) is 15.7. The van der Waals surface area contributed by atoms with E-state index in [2.05, 4.69) is 54.9 Å². The first-order chi connectivity index (χ1) is 10.2. The van der Waals surface area contributed by atoms with E-state index in [1.165, 1.54) is 0 Å². The molecular formula is C15H20BrN5. The van der Waals surface area contributed by atoms with E-state index in [1.807, 2.05) is 31.2 Å². The number of halogens is 1. The fourth-order valence-electron chi connectivity index (χ4n) is 2.01. The van der Waals surface area contributed by atoms with E-state index in [0.29, 0.717) is 17.7 Å². The Hall–Kier alpha value is -1.69. The first-order valence-corrected chi connectivity index (χ1v) is 7.98. The van der Waals surface area contributed by atoms with Crippen LogP contribution < -0.4 is 10.2 Å². The average molecular weight is 350 g/mol. The minimum absolute atomic E-state index is 0.615. The lowest BCUT2D eigenvalue weighted by molar-refractivity contribution is 0.814. The number of benzene rings is 1. The van der Waals surface area contributed by atoms with Gasteiger partial charge >= 0.3 is 0 Å². The van der Waals surface area contributed by atoms with E-state index in [4.69, 9.17) is 0 Å². The van der Waals surface area contributed by atoms with E-state index in [9.17, 15) is 0 Å². The zero-order valence-electron chi connectivity index (χ0n) is 12.6. The molecule has 0 aliphatic carbocycles. The van der Waals surface area contributed by atoms with E-state index in [0.717, 1.165) is 29.7 Å². The van der Waals surface area contributed by atoms with Gasteiger partial charge < -0.3 is 10.2 Å². The van der Waals surface area contributed by atoms with Gasteiger partial charge in [-0.15, -0.1) is 0 Å². The third-order valence-electron chi connectivity index (χ3n) is 3.09. The Bertz CT molecular complexity index is 598. The van der Waals surface area contributed by atoms with Crippen molar-refractivity contribution in [1.29, 1.82) is 0 Å². The van der Waals surface area contributed by atoms with Gasteiger partial charge in [0.1, 0.15) is 0 Å². The van der Waals surface area contributed by atoms with Crippen molar-refractivity contribution in [3.05, 3.63) is 28.7 Å².